The number of halogens is 1. The van der Waals surface area contributed by atoms with Crippen LogP contribution in [-0.4, -0.2) is 11.9 Å². The van der Waals surface area contributed by atoms with Crippen LogP contribution in [0.3, 0.4) is 0 Å². The molecule has 0 unspecified atom stereocenters. The quantitative estimate of drug-likeness (QED) is 0.830. The van der Waals surface area contributed by atoms with Gasteiger partial charge < -0.3 is 5.32 Å². The van der Waals surface area contributed by atoms with E-state index in [1.807, 2.05) is 24.3 Å². The van der Waals surface area contributed by atoms with Gasteiger partial charge in [0.15, 0.2) is 0 Å². The lowest BCUT2D eigenvalue weighted by molar-refractivity contribution is -0.117. The third-order valence-corrected chi connectivity index (χ3v) is 4.10. The molecule has 1 fully saturated rings. The van der Waals surface area contributed by atoms with Crippen LogP contribution in [0.2, 0.25) is 5.02 Å². The van der Waals surface area contributed by atoms with Gasteiger partial charge in [0.2, 0.25) is 5.91 Å². The molecule has 2 rings (SSSR count). The third kappa shape index (κ3) is 4.10. The van der Waals surface area contributed by atoms with Crippen LogP contribution >= 0.6 is 11.6 Å². The van der Waals surface area contributed by atoms with E-state index in [-0.39, 0.29) is 5.91 Å². The predicted molar refractivity (Wildman–Crippen MR) is 80.0 cm³/mol. The zero-order chi connectivity index (χ0) is 13.7. The number of nitrogens with one attached hydrogen (secondary N) is 1. The van der Waals surface area contributed by atoms with E-state index >= 15 is 0 Å². The molecule has 0 aliphatic heterocycles. The summed E-state index contributed by atoms with van der Waals surface area (Å²) in [6.07, 6.45) is 8.13. The molecule has 0 aromatic heterocycles. The molecule has 1 aliphatic carbocycles. The van der Waals surface area contributed by atoms with Crippen LogP contribution in [0.4, 0.5) is 0 Å². The van der Waals surface area contributed by atoms with Crippen molar-refractivity contribution >= 4 is 23.6 Å². The number of carbonyl (C=O) groups excluding carboxylic acids is 1. The zero-order valence-electron chi connectivity index (χ0n) is 11.2. The molecule has 19 heavy (non-hydrogen) atoms. The molecule has 1 aromatic rings. The standard InChI is InChI=1S/C16H20ClNO/c1-12-6-2-5-9-15(12)18-16(19)11-10-13-7-3-4-8-14(13)17/h3-4,7-8,10-12,15H,2,5-6,9H2,1H3,(H,18,19)/b11-10+/t12-,15-/m1/s1. The van der Waals surface area contributed by atoms with Gasteiger partial charge >= 0.3 is 0 Å². The van der Waals surface area contributed by atoms with Crippen molar-refractivity contribution in [2.24, 2.45) is 5.92 Å². The molecule has 0 saturated heterocycles. The van der Waals surface area contributed by atoms with E-state index in [1.165, 1.54) is 19.3 Å². The summed E-state index contributed by atoms with van der Waals surface area (Å²) in [5.41, 5.74) is 0.871. The van der Waals surface area contributed by atoms with Crippen LogP contribution in [0.5, 0.6) is 0 Å². The topological polar surface area (TPSA) is 29.1 Å². The molecule has 1 saturated carbocycles. The number of hydrogen-bond donors (Lipinski definition) is 1. The highest BCUT2D eigenvalue weighted by Gasteiger charge is 2.21. The lowest BCUT2D eigenvalue weighted by Gasteiger charge is -2.29. The van der Waals surface area contributed by atoms with E-state index in [0.717, 1.165) is 12.0 Å². The van der Waals surface area contributed by atoms with Crippen LogP contribution in [0.1, 0.15) is 38.2 Å². The maximum absolute atomic E-state index is 11.9. The summed E-state index contributed by atoms with van der Waals surface area (Å²) in [7, 11) is 0. The van der Waals surface area contributed by atoms with Gasteiger partial charge in [-0.1, -0.05) is 49.6 Å². The Bertz CT molecular complexity index is 470. The van der Waals surface area contributed by atoms with Crippen LogP contribution in [-0.2, 0) is 4.79 Å². The van der Waals surface area contributed by atoms with E-state index in [1.54, 1.807) is 12.2 Å². The van der Waals surface area contributed by atoms with Crippen molar-refractivity contribution in [3.05, 3.63) is 40.9 Å². The highest BCUT2D eigenvalue weighted by Crippen LogP contribution is 2.23. The Morgan fingerprint density at radius 2 is 2.05 bits per heavy atom. The van der Waals surface area contributed by atoms with E-state index in [4.69, 9.17) is 11.6 Å². The molecule has 102 valence electrons. The van der Waals surface area contributed by atoms with Crippen molar-refractivity contribution in [1.29, 1.82) is 0 Å². The van der Waals surface area contributed by atoms with Crippen molar-refractivity contribution in [1.82, 2.24) is 5.32 Å². The number of rotatable bonds is 3. The van der Waals surface area contributed by atoms with Gasteiger partial charge in [-0.15, -0.1) is 0 Å². The van der Waals surface area contributed by atoms with Crippen molar-refractivity contribution in [2.75, 3.05) is 0 Å². The monoisotopic (exact) mass is 277 g/mol. The minimum absolute atomic E-state index is 0.0290. The fraction of sp³-hybridized carbons (Fsp3) is 0.438. The Balaban J connectivity index is 1.92. The third-order valence-electron chi connectivity index (χ3n) is 3.76. The normalized spacial score (nSPS) is 23.5. The van der Waals surface area contributed by atoms with E-state index < -0.39 is 0 Å². The van der Waals surface area contributed by atoms with Gasteiger partial charge in [-0.05, 0) is 36.5 Å². The molecular formula is C16H20ClNO. The van der Waals surface area contributed by atoms with Crippen molar-refractivity contribution < 1.29 is 4.79 Å². The molecule has 3 heteroatoms. The van der Waals surface area contributed by atoms with Crippen LogP contribution < -0.4 is 5.32 Å². The number of carbonyl (C=O) groups is 1. The largest absolute Gasteiger partial charge is 0.350 e. The molecule has 2 atom stereocenters. The Morgan fingerprint density at radius 3 is 2.79 bits per heavy atom. The maximum atomic E-state index is 11.9. The molecule has 0 heterocycles. The van der Waals surface area contributed by atoms with Gasteiger partial charge in [-0.2, -0.15) is 0 Å². The SMILES string of the molecule is C[C@@H]1CCCC[C@H]1NC(=O)/C=C/c1ccccc1Cl. The molecule has 1 N–H and O–H groups in total. The first-order valence-corrected chi connectivity index (χ1v) is 7.27. The summed E-state index contributed by atoms with van der Waals surface area (Å²) < 4.78 is 0. The molecule has 1 aromatic carbocycles. The minimum atomic E-state index is -0.0290. The molecule has 0 radical (unpaired) electrons. The van der Waals surface area contributed by atoms with Gasteiger partial charge in [0.25, 0.3) is 0 Å². The predicted octanol–water partition coefficient (Wildman–Crippen LogP) is 4.05. The molecule has 0 spiro atoms. The van der Waals surface area contributed by atoms with Gasteiger partial charge in [-0.25, -0.2) is 0 Å². The van der Waals surface area contributed by atoms with Gasteiger partial charge in [0.1, 0.15) is 0 Å². The van der Waals surface area contributed by atoms with Crippen molar-refractivity contribution in [2.45, 2.75) is 38.6 Å². The van der Waals surface area contributed by atoms with Gasteiger partial charge in [-0.3, -0.25) is 4.79 Å². The lowest BCUT2D eigenvalue weighted by atomic mass is 9.86. The van der Waals surface area contributed by atoms with Crippen molar-refractivity contribution in [3.8, 4) is 0 Å². The maximum Gasteiger partial charge on any atom is 0.244 e. The highest BCUT2D eigenvalue weighted by molar-refractivity contribution is 6.32. The average Bonchev–Trinajstić information content (AvgIpc) is 2.40. The van der Waals surface area contributed by atoms with Gasteiger partial charge in [0, 0.05) is 17.1 Å². The summed E-state index contributed by atoms with van der Waals surface area (Å²) in [6.45, 7) is 2.21. The summed E-state index contributed by atoms with van der Waals surface area (Å²) >= 11 is 6.04. The first-order valence-electron chi connectivity index (χ1n) is 6.90. The first kappa shape index (κ1) is 14.1. The van der Waals surface area contributed by atoms with Crippen molar-refractivity contribution in [3.63, 3.8) is 0 Å². The van der Waals surface area contributed by atoms with Gasteiger partial charge in [0.05, 0.1) is 0 Å². The number of amides is 1. The Morgan fingerprint density at radius 1 is 1.32 bits per heavy atom. The Kier molecular flexibility index (Phi) is 5.03. The molecule has 2 nitrogen and oxygen atoms in total. The zero-order valence-corrected chi connectivity index (χ0v) is 12.0. The molecule has 1 amide bonds. The summed E-state index contributed by atoms with van der Waals surface area (Å²) in [5.74, 6) is 0.546. The second-order valence-corrected chi connectivity index (χ2v) is 5.64. The Hall–Kier alpha value is -1.28. The number of benzene rings is 1. The number of hydrogen-bond acceptors (Lipinski definition) is 1. The van der Waals surface area contributed by atoms with Crippen LogP contribution in [0, 0.1) is 5.92 Å². The minimum Gasteiger partial charge on any atom is -0.350 e. The fourth-order valence-corrected chi connectivity index (χ4v) is 2.74. The molecular weight excluding hydrogens is 258 g/mol. The van der Waals surface area contributed by atoms with Crippen LogP contribution in [0.25, 0.3) is 6.08 Å². The smallest absolute Gasteiger partial charge is 0.244 e. The van der Waals surface area contributed by atoms with E-state index in [0.29, 0.717) is 17.0 Å². The summed E-state index contributed by atoms with van der Waals surface area (Å²) in [5, 5.41) is 3.75. The van der Waals surface area contributed by atoms with E-state index in [9.17, 15) is 4.79 Å². The average molecular weight is 278 g/mol. The van der Waals surface area contributed by atoms with Crippen LogP contribution in [0.15, 0.2) is 30.3 Å². The van der Waals surface area contributed by atoms with E-state index in [2.05, 4.69) is 12.2 Å². The summed E-state index contributed by atoms with van der Waals surface area (Å²) in [4.78, 5) is 11.9. The summed E-state index contributed by atoms with van der Waals surface area (Å²) in [6, 6.07) is 7.82. The Labute approximate surface area is 119 Å². The molecule has 1 aliphatic rings. The second-order valence-electron chi connectivity index (χ2n) is 5.23. The highest BCUT2D eigenvalue weighted by atomic mass is 35.5. The fourth-order valence-electron chi connectivity index (χ4n) is 2.54. The molecule has 0 bridgehead atoms. The first-order chi connectivity index (χ1) is 9.16. The second kappa shape index (κ2) is 6.76. The lowest BCUT2D eigenvalue weighted by Crippen LogP contribution is -2.40.